The zero-order chi connectivity index (χ0) is 12.1. The molecule has 1 N–H and O–H groups in total. The van der Waals surface area contributed by atoms with Crippen molar-refractivity contribution in [1.82, 2.24) is 4.90 Å². The first-order valence-electron chi connectivity index (χ1n) is 5.47. The zero-order valence-electron chi connectivity index (χ0n) is 10.1. The molecule has 0 aromatic rings. The molecule has 1 saturated heterocycles. The van der Waals surface area contributed by atoms with Gasteiger partial charge in [-0.05, 0) is 18.6 Å². The van der Waals surface area contributed by atoms with Crippen molar-refractivity contribution in [2.75, 3.05) is 20.2 Å². The second-order valence-corrected chi connectivity index (χ2v) is 4.14. The normalized spacial score (nSPS) is 24.6. The van der Waals surface area contributed by atoms with Gasteiger partial charge in [-0.25, -0.2) is 4.99 Å². The minimum atomic E-state index is 0.219. The third-order valence-electron chi connectivity index (χ3n) is 2.86. The Morgan fingerprint density at radius 2 is 2.25 bits per heavy atom. The highest BCUT2D eigenvalue weighted by molar-refractivity contribution is 5.85. The molecule has 1 aliphatic rings. The standard InChI is InChI=1S/C13H20N2O/c1-5-10(3)12(6-2)14-13-7-11(9-16)8-15(13)4/h5-6,11,16H,1-2,7-9H2,3-4H3/b12-10+,14-13?. The predicted octanol–water partition coefficient (Wildman–Crippen LogP) is 1.97. The van der Waals surface area contributed by atoms with Crippen LogP contribution in [0.3, 0.4) is 0 Å². The summed E-state index contributed by atoms with van der Waals surface area (Å²) in [7, 11) is 2.00. The number of rotatable bonds is 4. The summed E-state index contributed by atoms with van der Waals surface area (Å²) >= 11 is 0. The van der Waals surface area contributed by atoms with E-state index in [-0.39, 0.29) is 6.61 Å². The molecule has 1 heterocycles. The fourth-order valence-electron chi connectivity index (χ4n) is 1.76. The van der Waals surface area contributed by atoms with Crippen LogP contribution >= 0.6 is 0 Å². The Hall–Kier alpha value is -1.35. The Morgan fingerprint density at radius 3 is 2.69 bits per heavy atom. The van der Waals surface area contributed by atoms with E-state index in [0.29, 0.717) is 5.92 Å². The van der Waals surface area contributed by atoms with Gasteiger partial charge in [0.25, 0.3) is 0 Å². The number of amidine groups is 1. The number of allylic oxidation sites excluding steroid dienone is 3. The van der Waals surface area contributed by atoms with Crippen molar-refractivity contribution in [3.63, 3.8) is 0 Å². The largest absolute Gasteiger partial charge is 0.396 e. The minimum Gasteiger partial charge on any atom is -0.396 e. The number of hydrogen-bond acceptors (Lipinski definition) is 2. The van der Waals surface area contributed by atoms with Crippen LogP contribution in [0.15, 0.2) is 41.6 Å². The van der Waals surface area contributed by atoms with E-state index >= 15 is 0 Å². The zero-order valence-corrected chi connectivity index (χ0v) is 10.1. The molecule has 1 aliphatic heterocycles. The Balaban J connectivity index is 2.92. The summed E-state index contributed by atoms with van der Waals surface area (Å²) in [5.74, 6) is 1.31. The van der Waals surface area contributed by atoms with Gasteiger partial charge in [0.05, 0.1) is 5.70 Å². The number of aliphatic hydroxyl groups is 1. The first kappa shape index (κ1) is 12.7. The van der Waals surface area contributed by atoms with E-state index in [1.165, 1.54) is 0 Å². The number of hydrogen-bond donors (Lipinski definition) is 1. The van der Waals surface area contributed by atoms with Crippen molar-refractivity contribution in [2.24, 2.45) is 10.9 Å². The maximum Gasteiger partial charge on any atom is 0.105 e. The molecule has 1 rings (SSSR count). The predicted molar refractivity (Wildman–Crippen MR) is 68.4 cm³/mol. The molecule has 0 aromatic carbocycles. The molecule has 16 heavy (non-hydrogen) atoms. The minimum absolute atomic E-state index is 0.219. The molecule has 0 spiro atoms. The molecule has 0 aromatic heterocycles. The quantitative estimate of drug-likeness (QED) is 0.735. The van der Waals surface area contributed by atoms with Crippen LogP contribution in [-0.4, -0.2) is 36.0 Å². The second kappa shape index (κ2) is 5.66. The lowest BCUT2D eigenvalue weighted by atomic mass is 10.1. The molecule has 3 nitrogen and oxygen atoms in total. The molecule has 1 unspecified atom stereocenters. The van der Waals surface area contributed by atoms with E-state index in [4.69, 9.17) is 5.11 Å². The molecule has 0 amide bonds. The van der Waals surface area contributed by atoms with Gasteiger partial charge in [-0.15, -0.1) is 0 Å². The van der Waals surface area contributed by atoms with Gasteiger partial charge < -0.3 is 10.0 Å². The lowest BCUT2D eigenvalue weighted by Crippen LogP contribution is -2.20. The lowest BCUT2D eigenvalue weighted by molar-refractivity contribution is 0.228. The highest BCUT2D eigenvalue weighted by Gasteiger charge is 2.24. The van der Waals surface area contributed by atoms with Crippen LogP contribution < -0.4 is 0 Å². The summed E-state index contributed by atoms with van der Waals surface area (Å²) in [5.41, 5.74) is 1.87. The van der Waals surface area contributed by atoms with E-state index in [1.807, 2.05) is 14.0 Å². The molecule has 0 bridgehead atoms. The van der Waals surface area contributed by atoms with E-state index in [2.05, 4.69) is 23.1 Å². The summed E-state index contributed by atoms with van der Waals surface area (Å²) < 4.78 is 0. The SMILES string of the molecule is C=C/C(C)=C(\C=C)N=C1CC(CO)CN1C. The third-order valence-corrected chi connectivity index (χ3v) is 2.86. The third kappa shape index (κ3) is 2.83. The number of aliphatic hydroxyl groups excluding tert-OH is 1. The first-order chi connectivity index (χ1) is 7.62. The van der Waals surface area contributed by atoms with E-state index < -0.39 is 0 Å². The van der Waals surface area contributed by atoms with Gasteiger partial charge in [0, 0.05) is 32.5 Å². The van der Waals surface area contributed by atoms with Crippen molar-refractivity contribution < 1.29 is 5.11 Å². The van der Waals surface area contributed by atoms with Crippen LogP contribution in [0.1, 0.15) is 13.3 Å². The van der Waals surface area contributed by atoms with Gasteiger partial charge in [0.15, 0.2) is 0 Å². The molecule has 3 heteroatoms. The summed E-state index contributed by atoms with van der Waals surface area (Å²) in [6, 6.07) is 0. The average molecular weight is 220 g/mol. The summed E-state index contributed by atoms with van der Waals surface area (Å²) in [4.78, 5) is 6.65. The first-order valence-corrected chi connectivity index (χ1v) is 5.47. The Bertz CT molecular complexity index is 342. The Labute approximate surface area is 97.5 Å². The Kier molecular flexibility index (Phi) is 4.50. The molecule has 1 atom stereocenters. The van der Waals surface area contributed by atoms with Crippen LogP contribution in [-0.2, 0) is 0 Å². The van der Waals surface area contributed by atoms with E-state index in [1.54, 1.807) is 12.2 Å². The monoisotopic (exact) mass is 220 g/mol. The maximum atomic E-state index is 9.12. The van der Waals surface area contributed by atoms with Crippen molar-refractivity contribution in [3.8, 4) is 0 Å². The van der Waals surface area contributed by atoms with E-state index in [0.717, 1.165) is 30.1 Å². The van der Waals surface area contributed by atoms with Gasteiger partial charge in [-0.3, -0.25) is 0 Å². The maximum absolute atomic E-state index is 9.12. The number of likely N-dealkylation sites (tertiary alicyclic amines) is 1. The summed E-state index contributed by atoms with van der Waals surface area (Å²) in [6.07, 6.45) is 4.35. The summed E-state index contributed by atoms with van der Waals surface area (Å²) in [5, 5.41) is 9.12. The molecular weight excluding hydrogens is 200 g/mol. The molecule has 1 fully saturated rings. The Morgan fingerprint density at radius 1 is 1.56 bits per heavy atom. The second-order valence-electron chi connectivity index (χ2n) is 4.14. The molecule has 88 valence electrons. The van der Waals surface area contributed by atoms with Crippen LogP contribution in [0, 0.1) is 5.92 Å². The van der Waals surface area contributed by atoms with Crippen molar-refractivity contribution >= 4 is 5.84 Å². The van der Waals surface area contributed by atoms with Gasteiger partial charge in [-0.2, -0.15) is 0 Å². The van der Waals surface area contributed by atoms with Gasteiger partial charge >= 0.3 is 0 Å². The fraction of sp³-hybridized carbons (Fsp3) is 0.462. The summed E-state index contributed by atoms with van der Waals surface area (Å²) in [6.45, 7) is 10.5. The van der Waals surface area contributed by atoms with Crippen LogP contribution in [0.25, 0.3) is 0 Å². The van der Waals surface area contributed by atoms with Crippen molar-refractivity contribution in [2.45, 2.75) is 13.3 Å². The average Bonchev–Trinajstić information content (AvgIpc) is 2.66. The molecular formula is C13H20N2O. The van der Waals surface area contributed by atoms with E-state index in [9.17, 15) is 0 Å². The van der Waals surface area contributed by atoms with Crippen LogP contribution in [0.4, 0.5) is 0 Å². The van der Waals surface area contributed by atoms with Gasteiger partial charge in [-0.1, -0.05) is 19.2 Å². The van der Waals surface area contributed by atoms with Crippen LogP contribution in [0.5, 0.6) is 0 Å². The van der Waals surface area contributed by atoms with Gasteiger partial charge in [0.1, 0.15) is 5.84 Å². The molecule has 0 saturated carbocycles. The smallest absolute Gasteiger partial charge is 0.105 e. The highest BCUT2D eigenvalue weighted by Crippen LogP contribution is 2.19. The van der Waals surface area contributed by atoms with Gasteiger partial charge in [0.2, 0.25) is 0 Å². The molecule has 0 radical (unpaired) electrons. The topological polar surface area (TPSA) is 35.8 Å². The highest BCUT2D eigenvalue weighted by atomic mass is 16.3. The lowest BCUT2D eigenvalue weighted by Gasteiger charge is -2.12. The van der Waals surface area contributed by atoms with Crippen molar-refractivity contribution in [3.05, 3.63) is 36.6 Å². The number of aliphatic imine (C=N–C) groups is 1. The van der Waals surface area contributed by atoms with Crippen molar-refractivity contribution in [1.29, 1.82) is 0 Å². The fourth-order valence-corrected chi connectivity index (χ4v) is 1.76. The molecule has 0 aliphatic carbocycles. The van der Waals surface area contributed by atoms with Crippen LogP contribution in [0.2, 0.25) is 0 Å². The number of nitrogens with zero attached hydrogens (tertiary/aromatic N) is 2.